The molecule has 0 aliphatic heterocycles. The molecular formula is C9H17BrN2. The summed E-state index contributed by atoms with van der Waals surface area (Å²) in [5.74, 6) is 0. The van der Waals surface area contributed by atoms with Crippen LogP contribution in [0.1, 0.15) is 32.6 Å². The fraction of sp³-hybridized carbons (Fsp3) is 0.667. The number of aromatic amines is 1. The van der Waals surface area contributed by atoms with Crippen molar-refractivity contribution in [3.8, 4) is 0 Å². The summed E-state index contributed by atoms with van der Waals surface area (Å²) in [7, 11) is 0. The molecule has 0 aromatic carbocycles. The molecule has 3 heteroatoms. The second kappa shape index (κ2) is 10.7. The number of imidazole rings is 1. The molecule has 1 N–H and O–H groups in total. The molecule has 0 saturated heterocycles. The van der Waals surface area contributed by atoms with E-state index in [9.17, 15) is 0 Å². The van der Waals surface area contributed by atoms with Gasteiger partial charge in [-0.1, -0.05) is 42.1 Å². The van der Waals surface area contributed by atoms with Crippen molar-refractivity contribution < 1.29 is 0 Å². The van der Waals surface area contributed by atoms with Crippen LogP contribution in [0.25, 0.3) is 0 Å². The van der Waals surface area contributed by atoms with Crippen molar-refractivity contribution in [3.63, 3.8) is 0 Å². The van der Waals surface area contributed by atoms with Gasteiger partial charge in [0.25, 0.3) is 0 Å². The van der Waals surface area contributed by atoms with Crippen molar-refractivity contribution in [2.45, 2.75) is 32.6 Å². The topological polar surface area (TPSA) is 28.7 Å². The van der Waals surface area contributed by atoms with E-state index < -0.39 is 0 Å². The predicted molar refractivity (Wildman–Crippen MR) is 56.5 cm³/mol. The summed E-state index contributed by atoms with van der Waals surface area (Å²) in [6.07, 6.45) is 10.5. The zero-order chi connectivity index (χ0) is 9.07. The predicted octanol–water partition coefficient (Wildman–Crippen LogP) is 3.37. The molecule has 70 valence electrons. The standard InChI is InChI=1S/C6H13Br.C3H4N2/c1-2-3-4-5-6-7;1-2-5-3-4-1/h2-6H2,1H3;1-3H,(H,4,5). The van der Waals surface area contributed by atoms with E-state index in [2.05, 4.69) is 32.8 Å². The minimum Gasteiger partial charge on any atom is -0.351 e. The van der Waals surface area contributed by atoms with Crippen LogP contribution < -0.4 is 0 Å². The minimum absolute atomic E-state index is 1.17. The van der Waals surface area contributed by atoms with Gasteiger partial charge in [0.05, 0.1) is 6.33 Å². The van der Waals surface area contributed by atoms with E-state index in [4.69, 9.17) is 0 Å². The highest BCUT2D eigenvalue weighted by atomic mass is 79.9. The third kappa shape index (κ3) is 9.69. The lowest BCUT2D eigenvalue weighted by molar-refractivity contribution is 0.708. The smallest absolute Gasteiger partial charge is 0.0919 e. The van der Waals surface area contributed by atoms with Gasteiger partial charge in [-0.2, -0.15) is 0 Å². The highest BCUT2D eigenvalue weighted by Gasteiger charge is 1.81. The van der Waals surface area contributed by atoms with Gasteiger partial charge in [-0.25, -0.2) is 4.98 Å². The van der Waals surface area contributed by atoms with Crippen LogP contribution in [0.5, 0.6) is 0 Å². The third-order valence-electron chi connectivity index (χ3n) is 1.39. The molecule has 1 aromatic heterocycles. The van der Waals surface area contributed by atoms with Gasteiger partial charge in [-0.15, -0.1) is 0 Å². The summed E-state index contributed by atoms with van der Waals surface area (Å²) >= 11 is 3.38. The molecule has 0 spiro atoms. The molecule has 1 aromatic rings. The van der Waals surface area contributed by atoms with Crippen LogP contribution in [0.3, 0.4) is 0 Å². The summed E-state index contributed by atoms with van der Waals surface area (Å²) in [5, 5.41) is 1.17. The van der Waals surface area contributed by atoms with E-state index in [1.165, 1.54) is 31.0 Å². The Kier molecular flexibility index (Phi) is 10.4. The minimum atomic E-state index is 1.17. The second-order valence-corrected chi connectivity index (χ2v) is 3.30. The van der Waals surface area contributed by atoms with Gasteiger partial charge < -0.3 is 4.98 Å². The first-order valence-corrected chi connectivity index (χ1v) is 5.52. The molecule has 0 saturated carbocycles. The van der Waals surface area contributed by atoms with Crippen LogP contribution >= 0.6 is 15.9 Å². The van der Waals surface area contributed by atoms with Crippen molar-refractivity contribution in [2.24, 2.45) is 0 Å². The number of nitrogens with zero attached hydrogens (tertiary/aromatic N) is 1. The van der Waals surface area contributed by atoms with E-state index in [1.807, 2.05) is 0 Å². The third-order valence-corrected chi connectivity index (χ3v) is 1.95. The first-order valence-electron chi connectivity index (χ1n) is 4.40. The number of hydrogen-bond acceptors (Lipinski definition) is 1. The van der Waals surface area contributed by atoms with Gasteiger partial charge in [0.2, 0.25) is 0 Å². The Morgan fingerprint density at radius 1 is 1.33 bits per heavy atom. The van der Waals surface area contributed by atoms with Crippen LogP contribution in [0.4, 0.5) is 0 Å². The molecule has 1 rings (SSSR count). The van der Waals surface area contributed by atoms with Crippen LogP contribution in [-0.2, 0) is 0 Å². The number of halogens is 1. The number of hydrogen-bond donors (Lipinski definition) is 1. The Balaban J connectivity index is 0.000000211. The molecule has 2 nitrogen and oxygen atoms in total. The summed E-state index contributed by atoms with van der Waals surface area (Å²) in [5.41, 5.74) is 0. The number of alkyl halides is 1. The molecule has 0 atom stereocenters. The van der Waals surface area contributed by atoms with Gasteiger partial charge in [0.15, 0.2) is 0 Å². The summed E-state index contributed by atoms with van der Waals surface area (Å²) in [6.45, 7) is 2.23. The molecule has 0 aliphatic carbocycles. The lowest BCUT2D eigenvalue weighted by Gasteiger charge is -1.89. The van der Waals surface area contributed by atoms with E-state index in [1.54, 1.807) is 18.7 Å². The van der Waals surface area contributed by atoms with Crippen molar-refractivity contribution in [2.75, 3.05) is 5.33 Å². The Hall–Kier alpha value is -0.310. The van der Waals surface area contributed by atoms with Gasteiger partial charge in [-0.05, 0) is 6.42 Å². The second-order valence-electron chi connectivity index (χ2n) is 2.51. The Bertz CT molecular complexity index is 119. The Morgan fingerprint density at radius 3 is 2.50 bits per heavy atom. The van der Waals surface area contributed by atoms with Crippen molar-refractivity contribution in [3.05, 3.63) is 18.7 Å². The van der Waals surface area contributed by atoms with Gasteiger partial charge in [-0.3, -0.25) is 0 Å². The number of unbranched alkanes of at least 4 members (excludes halogenated alkanes) is 3. The number of H-pyrrole nitrogens is 1. The largest absolute Gasteiger partial charge is 0.351 e. The maximum absolute atomic E-state index is 3.67. The molecule has 0 bridgehead atoms. The molecule has 1 heterocycles. The van der Waals surface area contributed by atoms with Crippen molar-refractivity contribution in [1.82, 2.24) is 9.97 Å². The summed E-state index contributed by atoms with van der Waals surface area (Å²) < 4.78 is 0. The average Bonchev–Trinajstić information content (AvgIpc) is 2.62. The van der Waals surface area contributed by atoms with E-state index in [0.717, 1.165) is 0 Å². The lowest BCUT2D eigenvalue weighted by Crippen LogP contribution is -1.73. The quantitative estimate of drug-likeness (QED) is 0.626. The van der Waals surface area contributed by atoms with Crippen molar-refractivity contribution >= 4 is 15.9 Å². The first kappa shape index (κ1) is 11.7. The molecule has 0 unspecified atom stereocenters. The zero-order valence-electron chi connectivity index (χ0n) is 7.59. The van der Waals surface area contributed by atoms with Crippen molar-refractivity contribution in [1.29, 1.82) is 0 Å². The maximum atomic E-state index is 3.67. The molecule has 0 fully saturated rings. The number of rotatable bonds is 4. The maximum Gasteiger partial charge on any atom is 0.0919 e. The molecular weight excluding hydrogens is 216 g/mol. The fourth-order valence-corrected chi connectivity index (χ4v) is 1.13. The fourth-order valence-electron chi connectivity index (χ4n) is 0.736. The molecule has 12 heavy (non-hydrogen) atoms. The van der Waals surface area contributed by atoms with E-state index >= 15 is 0 Å². The highest BCUT2D eigenvalue weighted by Crippen LogP contribution is 1.99. The zero-order valence-corrected chi connectivity index (χ0v) is 9.18. The molecule has 0 radical (unpaired) electrons. The van der Waals surface area contributed by atoms with E-state index in [-0.39, 0.29) is 0 Å². The summed E-state index contributed by atoms with van der Waals surface area (Å²) in [6, 6.07) is 0. The molecule has 0 amide bonds. The van der Waals surface area contributed by atoms with E-state index in [0.29, 0.717) is 0 Å². The number of nitrogens with one attached hydrogen (secondary N) is 1. The van der Waals surface area contributed by atoms with Gasteiger partial charge in [0.1, 0.15) is 0 Å². The normalized spacial score (nSPS) is 8.83. The van der Waals surface area contributed by atoms with Gasteiger partial charge >= 0.3 is 0 Å². The van der Waals surface area contributed by atoms with Crippen LogP contribution in [0, 0.1) is 0 Å². The van der Waals surface area contributed by atoms with Crippen LogP contribution in [-0.4, -0.2) is 15.3 Å². The SMILES string of the molecule is CCCCCCBr.c1c[nH]cn1. The summed E-state index contributed by atoms with van der Waals surface area (Å²) in [4.78, 5) is 6.42. The average molecular weight is 233 g/mol. The number of aromatic nitrogens is 2. The lowest BCUT2D eigenvalue weighted by atomic mass is 10.2. The Labute approximate surface area is 82.9 Å². The van der Waals surface area contributed by atoms with Gasteiger partial charge in [0, 0.05) is 17.7 Å². The Morgan fingerprint density at radius 2 is 2.17 bits per heavy atom. The van der Waals surface area contributed by atoms with Crippen LogP contribution in [0.2, 0.25) is 0 Å². The highest BCUT2D eigenvalue weighted by molar-refractivity contribution is 9.09. The first-order chi connectivity index (χ1) is 5.91. The monoisotopic (exact) mass is 232 g/mol. The molecule has 0 aliphatic rings. The van der Waals surface area contributed by atoms with Crippen LogP contribution in [0.15, 0.2) is 18.7 Å².